The lowest BCUT2D eigenvalue weighted by Gasteiger charge is -2.33. The number of amides is 1. The minimum absolute atomic E-state index is 0.0381. The Balaban J connectivity index is 1.56. The highest BCUT2D eigenvalue weighted by Gasteiger charge is 2.25. The molecule has 0 bridgehead atoms. The zero-order chi connectivity index (χ0) is 17.6. The van der Waals surface area contributed by atoms with Gasteiger partial charge in [-0.3, -0.25) is 9.59 Å². The van der Waals surface area contributed by atoms with Crippen molar-refractivity contribution in [2.75, 3.05) is 19.7 Å². The molecule has 3 rings (SSSR count). The highest BCUT2D eigenvalue weighted by molar-refractivity contribution is 5.97. The monoisotopic (exact) mass is 341 g/mol. The van der Waals surface area contributed by atoms with Crippen LogP contribution in [0.2, 0.25) is 0 Å². The van der Waals surface area contributed by atoms with Crippen LogP contribution in [0.1, 0.15) is 34.9 Å². The van der Waals surface area contributed by atoms with E-state index in [4.69, 9.17) is 4.74 Å². The molecular formula is C20H20FNO3. The van der Waals surface area contributed by atoms with Crippen molar-refractivity contribution in [1.82, 2.24) is 4.90 Å². The van der Waals surface area contributed by atoms with Crippen LogP contribution < -0.4 is 0 Å². The minimum Gasteiger partial charge on any atom is -0.370 e. The van der Waals surface area contributed by atoms with Crippen molar-refractivity contribution in [3.8, 4) is 0 Å². The Bertz CT molecular complexity index is 748. The highest BCUT2D eigenvalue weighted by Crippen LogP contribution is 2.23. The molecule has 0 spiro atoms. The Morgan fingerprint density at radius 3 is 2.64 bits per heavy atom. The zero-order valence-corrected chi connectivity index (χ0v) is 13.9. The Hall–Kier alpha value is -2.53. The maximum absolute atomic E-state index is 13.4. The molecule has 25 heavy (non-hydrogen) atoms. The lowest BCUT2D eigenvalue weighted by molar-refractivity contribution is -0.139. The Morgan fingerprint density at radius 1 is 1.08 bits per heavy atom. The molecular weight excluding hydrogens is 321 g/mol. The van der Waals surface area contributed by atoms with Gasteiger partial charge in [0.15, 0.2) is 5.78 Å². The molecule has 1 amide bonds. The van der Waals surface area contributed by atoms with Gasteiger partial charge in [0.25, 0.3) is 0 Å². The van der Waals surface area contributed by atoms with Gasteiger partial charge in [-0.05, 0) is 17.7 Å². The largest absolute Gasteiger partial charge is 0.370 e. The molecule has 0 N–H and O–H groups in total. The smallest absolute Gasteiger partial charge is 0.223 e. The minimum atomic E-state index is -0.335. The number of rotatable bonds is 5. The van der Waals surface area contributed by atoms with Crippen LogP contribution in [0.15, 0.2) is 54.6 Å². The van der Waals surface area contributed by atoms with Crippen LogP contribution in [0.4, 0.5) is 4.39 Å². The van der Waals surface area contributed by atoms with Crippen molar-refractivity contribution in [2.24, 2.45) is 0 Å². The van der Waals surface area contributed by atoms with E-state index in [-0.39, 0.29) is 36.5 Å². The fourth-order valence-corrected chi connectivity index (χ4v) is 2.93. The molecule has 1 atom stereocenters. The maximum Gasteiger partial charge on any atom is 0.223 e. The van der Waals surface area contributed by atoms with Crippen molar-refractivity contribution in [3.63, 3.8) is 0 Å². The number of morpholine rings is 1. The van der Waals surface area contributed by atoms with Gasteiger partial charge >= 0.3 is 0 Å². The number of benzene rings is 2. The summed E-state index contributed by atoms with van der Waals surface area (Å²) < 4.78 is 19.0. The Kier molecular flexibility index (Phi) is 5.56. The third kappa shape index (κ3) is 4.51. The first-order valence-corrected chi connectivity index (χ1v) is 8.36. The average Bonchev–Trinajstić information content (AvgIpc) is 2.66. The number of hydrogen-bond acceptors (Lipinski definition) is 3. The Morgan fingerprint density at radius 2 is 1.88 bits per heavy atom. The van der Waals surface area contributed by atoms with Gasteiger partial charge in [0.2, 0.25) is 5.91 Å². The SMILES string of the molecule is O=C(CCC(=O)N1CCOC(c2cccc(F)c2)C1)c1ccccc1. The van der Waals surface area contributed by atoms with Crippen LogP contribution in [-0.4, -0.2) is 36.3 Å². The highest BCUT2D eigenvalue weighted by atomic mass is 19.1. The summed E-state index contributed by atoms with van der Waals surface area (Å²) in [6.07, 6.45) is 0.0206. The zero-order valence-electron chi connectivity index (χ0n) is 13.9. The average molecular weight is 341 g/mol. The van der Waals surface area contributed by atoms with E-state index >= 15 is 0 Å². The van der Waals surface area contributed by atoms with Crippen LogP contribution in [0.3, 0.4) is 0 Å². The molecule has 5 heteroatoms. The number of nitrogens with zero attached hydrogens (tertiary/aromatic N) is 1. The van der Waals surface area contributed by atoms with Crippen LogP contribution in [0, 0.1) is 5.82 Å². The fourth-order valence-electron chi connectivity index (χ4n) is 2.93. The van der Waals surface area contributed by atoms with Crippen molar-refractivity contribution in [3.05, 3.63) is 71.5 Å². The van der Waals surface area contributed by atoms with Crippen LogP contribution in [0.5, 0.6) is 0 Å². The summed E-state index contributed by atoms with van der Waals surface area (Å²) >= 11 is 0. The second-order valence-corrected chi connectivity index (χ2v) is 6.04. The molecule has 1 heterocycles. The first-order valence-electron chi connectivity index (χ1n) is 8.36. The van der Waals surface area contributed by atoms with Crippen molar-refractivity contribution in [2.45, 2.75) is 18.9 Å². The van der Waals surface area contributed by atoms with Crippen molar-refractivity contribution < 1.29 is 18.7 Å². The van der Waals surface area contributed by atoms with E-state index in [2.05, 4.69) is 0 Å². The van der Waals surface area contributed by atoms with Crippen LogP contribution in [0.25, 0.3) is 0 Å². The predicted octanol–water partition coefficient (Wildman–Crippen LogP) is 3.39. The molecule has 1 aliphatic rings. The quantitative estimate of drug-likeness (QED) is 0.783. The second kappa shape index (κ2) is 8.03. The van der Waals surface area contributed by atoms with Gasteiger partial charge in [-0.2, -0.15) is 0 Å². The lowest BCUT2D eigenvalue weighted by Crippen LogP contribution is -2.42. The van der Waals surface area contributed by atoms with E-state index in [0.717, 1.165) is 5.56 Å². The van der Waals surface area contributed by atoms with Gasteiger partial charge in [-0.1, -0.05) is 42.5 Å². The molecule has 4 nitrogen and oxygen atoms in total. The third-order valence-corrected chi connectivity index (χ3v) is 4.30. The molecule has 1 saturated heterocycles. The first-order chi connectivity index (χ1) is 12.1. The van der Waals surface area contributed by atoms with Gasteiger partial charge in [0.05, 0.1) is 13.2 Å². The van der Waals surface area contributed by atoms with Gasteiger partial charge in [0, 0.05) is 24.9 Å². The summed E-state index contributed by atoms with van der Waals surface area (Å²) in [4.78, 5) is 26.2. The summed E-state index contributed by atoms with van der Waals surface area (Å²) in [5, 5.41) is 0. The number of carbonyl (C=O) groups excluding carboxylic acids is 2. The number of ether oxygens (including phenoxy) is 1. The summed E-state index contributed by atoms with van der Waals surface area (Å²) in [6.45, 7) is 1.27. The Labute approximate surface area is 146 Å². The number of Topliss-reactive ketones (excluding diaryl/α,β-unsaturated/α-hetero) is 1. The molecule has 1 unspecified atom stereocenters. The van der Waals surface area contributed by atoms with E-state index < -0.39 is 0 Å². The number of halogens is 1. The molecule has 0 radical (unpaired) electrons. The normalized spacial score (nSPS) is 17.3. The van der Waals surface area contributed by atoms with Gasteiger partial charge in [0.1, 0.15) is 11.9 Å². The lowest BCUT2D eigenvalue weighted by atomic mass is 10.1. The van der Waals surface area contributed by atoms with E-state index in [0.29, 0.717) is 25.3 Å². The first kappa shape index (κ1) is 17.3. The summed E-state index contributed by atoms with van der Waals surface area (Å²) in [5.41, 5.74) is 1.34. The van der Waals surface area contributed by atoms with Gasteiger partial charge < -0.3 is 9.64 Å². The maximum atomic E-state index is 13.4. The summed E-state index contributed by atoms with van der Waals surface area (Å²) in [7, 11) is 0. The van der Waals surface area contributed by atoms with Crippen LogP contribution >= 0.6 is 0 Å². The number of hydrogen-bond donors (Lipinski definition) is 0. The van der Waals surface area contributed by atoms with E-state index in [1.807, 2.05) is 6.07 Å². The summed E-state index contributed by atoms with van der Waals surface area (Å²) in [6, 6.07) is 15.2. The van der Waals surface area contributed by atoms with Crippen molar-refractivity contribution >= 4 is 11.7 Å². The van der Waals surface area contributed by atoms with Gasteiger partial charge in [-0.25, -0.2) is 4.39 Å². The van der Waals surface area contributed by atoms with Crippen molar-refractivity contribution in [1.29, 1.82) is 0 Å². The van der Waals surface area contributed by atoms with E-state index in [1.165, 1.54) is 12.1 Å². The van der Waals surface area contributed by atoms with E-state index in [1.54, 1.807) is 41.3 Å². The molecule has 0 aromatic heterocycles. The molecule has 0 aliphatic carbocycles. The molecule has 1 aliphatic heterocycles. The molecule has 2 aromatic rings. The molecule has 0 saturated carbocycles. The topological polar surface area (TPSA) is 46.6 Å². The van der Waals surface area contributed by atoms with Gasteiger partial charge in [-0.15, -0.1) is 0 Å². The van der Waals surface area contributed by atoms with E-state index in [9.17, 15) is 14.0 Å². The van der Waals surface area contributed by atoms with Crippen LogP contribution in [-0.2, 0) is 9.53 Å². The fraction of sp³-hybridized carbons (Fsp3) is 0.300. The standard InChI is InChI=1S/C20H20FNO3/c21-17-8-4-7-16(13-17)19-14-22(11-12-25-19)20(24)10-9-18(23)15-5-2-1-3-6-15/h1-8,13,19H,9-12,14H2. The number of carbonyl (C=O) groups is 2. The molecule has 130 valence electrons. The predicted molar refractivity (Wildman–Crippen MR) is 91.7 cm³/mol. The number of ketones is 1. The second-order valence-electron chi connectivity index (χ2n) is 6.04. The summed E-state index contributed by atoms with van der Waals surface area (Å²) in [5.74, 6) is -0.434. The molecule has 2 aromatic carbocycles. The third-order valence-electron chi connectivity index (χ3n) is 4.30. The molecule has 1 fully saturated rings.